The van der Waals surface area contributed by atoms with Crippen LogP contribution in [0.1, 0.15) is 33.6 Å². The molecule has 2 heteroatoms. The Morgan fingerprint density at radius 3 is 2.55 bits per heavy atom. The predicted molar refractivity (Wildman–Crippen MR) is 47.3 cm³/mol. The lowest BCUT2D eigenvalue weighted by atomic mass is 10.2. The summed E-state index contributed by atoms with van der Waals surface area (Å²) in [6.07, 6.45) is 5.49. The van der Waals surface area contributed by atoms with Gasteiger partial charge in [-0.05, 0) is 13.3 Å². The average Bonchev–Trinajstić information content (AvgIpc) is 2.03. The molecule has 0 aromatic carbocycles. The third kappa shape index (κ3) is 4.59. The molecule has 1 atom stereocenters. The minimum Gasteiger partial charge on any atom is -0.350 e. The molecule has 0 unspecified atom stereocenters. The largest absolute Gasteiger partial charge is 0.350 e. The van der Waals surface area contributed by atoms with Crippen LogP contribution in [0.2, 0.25) is 0 Å². The lowest BCUT2D eigenvalue weighted by molar-refractivity contribution is -0.121. The second-order valence-electron chi connectivity index (χ2n) is 2.46. The summed E-state index contributed by atoms with van der Waals surface area (Å²) in [5.74, 6) is 0.120. The molecule has 0 rings (SSSR count). The Balaban J connectivity index is 3.77. The maximum atomic E-state index is 10.9. The van der Waals surface area contributed by atoms with E-state index in [0.717, 1.165) is 6.42 Å². The van der Waals surface area contributed by atoms with Crippen molar-refractivity contribution in [1.29, 1.82) is 0 Å². The third-order valence-electron chi connectivity index (χ3n) is 1.53. The zero-order valence-electron chi connectivity index (χ0n) is 7.55. The molecule has 0 radical (unpaired) electrons. The first kappa shape index (κ1) is 10.2. The van der Waals surface area contributed by atoms with E-state index in [1.54, 1.807) is 0 Å². The molecule has 11 heavy (non-hydrogen) atoms. The van der Waals surface area contributed by atoms with Crippen LogP contribution in [0.4, 0.5) is 0 Å². The molecule has 0 aromatic rings. The average molecular weight is 155 g/mol. The lowest BCUT2D eigenvalue weighted by Crippen LogP contribution is -2.32. The fourth-order valence-electron chi connectivity index (χ4n) is 0.827. The van der Waals surface area contributed by atoms with Gasteiger partial charge in [-0.1, -0.05) is 26.0 Å². The van der Waals surface area contributed by atoms with Crippen LogP contribution in [-0.2, 0) is 4.79 Å². The zero-order chi connectivity index (χ0) is 8.69. The minimum absolute atomic E-state index is 0.120. The minimum atomic E-state index is 0.120. The van der Waals surface area contributed by atoms with Crippen LogP contribution < -0.4 is 5.32 Å². The number of hydrogen-bond acceptors (Lipinski definition) is 1. The molecule has 0 fully saturated rings. The van der Waals surface area contributed by atoms with Crippen molar-refractivity contribution >= 4 is 5.91 Å². The van der Waals surface area contributed by atoms with Crippen LogP contribution in [0.3, 0.4) is 0 Å². The highest BCUT2D eigenvalue weighted by atomic mass is 16.1. The molecule has 2 nitrogen and oxygen atoms in total. The van der Waals surface area contributed by atoms with Gasteiger partial charge in [0.15, 0.2) is 0 Å². The number of carbonyl (C=O) groups excluding carboxylic acids is 1. The molecule has 0 saturated heterocycles. The summed E-state index contributed by atoms with van der Waals surface area (Å²) < 4.78 is 0. The van der Waals surface area contributed by atoms with Gasteiger partial charge in [0.25, 0.3) is 0 Å². The molecule has 0 spiro atoms. The van der Waals surface area contributed by atoms with E-state index in [2.05, 4.69) is 12.2 Å². The summed E-state index contributed by atoms with van der Waals surface area (Å²) >= 11 is 0. The van der Waals surface area contributed by atoms with Crippen molar-refractivity contribution in [3.63, 3.8) is 0 Å². The van der Waals surface area contributed by atoms with Gasteiger partial charge in [0.05, 0.1) is 0 Å². The SMILES string of the molecule is C/C=C\[C@H](CC)NC(=O)CC. The summed E-state index contributed by atoms with van der Waals surface area (Å²) in [5.41, 5.74) is 0. The van der Waals surface area contributed by atoms with Crippen molar-refractivity contribution in [2.75, 3.05) is 0 Å². The number of nitrogens with one attached hydrogen (secondary N) is 1. The number of carbonyl (C=O) groups is 1. The van der Waals surface area contributed by atoms with Gasteiger partial charge in [0, 0.05) is 12.5 Å². The predicted octanol–water partition coefficient (Wildman–Crippen LogP) is 1.87. The zero-order valence-corrected chi connectivity index (χ0v) is 7.55. The van der Waals surface area contributed by atoms with E-state index in [4.69, 9.17) is 0 Å². The third-order valence-corrected chi connectivity index (χ3v) is 1.53. The molecule has 0 aliphatic carbocycles. The molecule has 64 valence electrons. The number of rotatable bonds is 4. The Hall–Kier alpha value is -0.790. The molecular formula is C9H17NO. The fourth-order valence-corrected chi connectivity index (χ4v) is 0.827. The summed E-state index contributed by atoms with van der Waals surface area (Å²) in [7, 11) is 0. The number of hydrogen-bond donors (Lipinski definition) is 1. The number of amides is 1. The van der Waals surface area contributed by atoms with Gasteiger partial charge in [0.1, 0.15) is 0 Å². The first-order chi connectivity index (χ1) is 5.24. The summed E-state index contributed by atoms with van der Waals surface area (Å²) in [6.45, 7) is 5.87. The highest BCUT2D eigenvalue weighted by molar-refractivity contribution is 5.76. The Morgan fingerprint density at radius 2 is 2.18 bits per heavy atom. The molecular weight excluding hydrogens is 138 g/mol. The Bertz CT molecular complexity index is 140. The second kappa shape index (κ2) is 5.96. The van der Waals surface area contributed by atoms with Crippen molar-refractivity contribution in [2.24, 2.45) is 0 Å². The lowest BCUT2D eigenvalue weighted by Gasteiger charge is -2.11. The van der Waals surface area contributed by atoms with Gasteiger partial charge in [-0.3, -0.25) is 4.79 Å². The van der Waals surface area contributed by atoms with Gasteiger partial charge in [-0.15, -0.1) is 0 Å². The van der Waals surface area contributed by atoms with Crippen molar-refractivity contribution in [3.8, 4) is 0 Å². The van der Waals surface area contributed by atoms with Crippen molar-refractivity contribution in [2.45, 2.75) is 39.7 Å². The molecule has 1 N–H and O–H groups in total. The smallest absolute Gasteiger partial charge is 0.220 e. The molecule has 0 bridgehead atoms. The maximum Gasteiger partial charge on any atom is 0.220 e. The van der Waals surface area contributed by atoms with E-state index < -0.39 is 0 Å². The summed E-state index contributed by atoms with van der Waals surface area (Å²) in [5, 5.41) is 2.89. The first-order valence-corrected chi connectivity index (χ1v) is 4.16. The Morgan fingerprint density at radius 1 is 1.55 bits per heavy atom. The van der Waals surface area contributed by atoms with Crippen LogP contribution in [0, 0.1) is 0 Å². The quantitative estimate of drug-likeness (QED) is 0.617. The Kier molecular flexibility index (Phi) is 5.53. The van der Waals surface area contributed by atoms with E-state index in [-0.39, 0.29) is 11.9 Å². The first-order valence-electron chi connectivity index (χ1n) is 4.16. The highest BCUT2D eigenvalue weighted by Crippen LogP contribution is 1.93. The van der Waals surface area contributed by atoms with E-state index in [1.165, 1.54) is 0 Å². The van der Waals surface area contributed by atoms with Crippen LogP contribution >= 0.6 is 0 Å². The normalized spacial score (nSPS) is 13.4. The molecule has 0 aliphatic rings. The van der Waals surface area contributed by atoms with E-state index in [9.17, 15) is 4.79 Å². The van der Waals surface area contributed by atoms with Crippen molar-refractivity contribution in [1.82, 2.24) is 5.32 Å². The highest BCUT2D eigenvalue weighted by Gasteiger charge is 2.03. The van der Waals surface area contributed by atoms with Crippen LogP contribution in [-0.4, -0.2) is 11.9 Å². The molecule has 0 aromatic heterocycles. The molecule has 0 aliphatic heterocycles. The van der Waals surface area contributed by atoms with Gasteiger partial charge in [-0.2, -0.15) is 0 Å². The van der Waals surface area contributed by atoms with Crippen molar-refractivity contribution < 1.29 is 4.79 Å². The monoisotopic (exact) mass is 155 g/mol. The van der Waals surface area contributed by atoms with Gasteiger partial charge in [0.2, 0.25) is 5.91 Å². The molecule has 0 saturated carbocycles. The van der Waals surface area contributed by atoms with E-state index in [0.29, 0.717) is 6.42 Å². The van der Waals surface area contributed by atoms with Crippen LogP contribution in [0.15, 0.2) is 12.2 Å². The number of allylic oxidation sites excluding steroid dienone is 1. The van der Waals surface area contributed by atoms with Crippen molar-refractivity contribution in [3.05, 3.63) is 12.2 Å². The summed E-state index contributed by atoms with van der Waals surface area (Å²) in [6, 6.07) is 0.215. The maximum absolute atomic E-state index is 10.9. The summed E-state index contributed by atoms with van der Waals surface area (Å²) in [4.78, 5) is 10.9. The van der Waals surface area contributed by atoms with Gasteiger partial charge >= 0.3 is 0 Å². The van der Waals surface area contributed by atoms with E-state index >= 15 is 0 Å². The van der Waals surface area contributed by atoms with E-state index in [1.807, 2.05) is 26.0 Å². The Labute approximate surface area is 68.7 Å². The molecule has 1 amide bonds. The van der Waals surface area contributed by atoms with Gasteiger partial charge < -0.3 is 5.32 Å². The molecule has 0 heterocycles. The van der Waals surface area contributed by atoms with Crippen LogP contribution in [0.5, 0.6) is 0 Å². The topological polar surface area (TPSA) is 29.1 Å². The fraction of sp³-hybridized carbons (Fsp3) is 0.667. The second-order valence-corrected chi connectivity index (χ2v) is 2.46. The van der Waals surface area contributed by atoms with Crippen LogP contribution in [0.25, 0.3) is 0 Å². The standard InChI is InChI=1S/C9H17NO/c1-4-7-8(5-2)10-9(11)6-3/h4,7-8H,5-6H2,1-3H3,(H,10,11)/b7-4-/t8-/m0/s1. The van der Waals surface area contributed by atoms with Gasteiger partial charge in [-0.25, -0.2) is 0 Å².